The number of nitrogens with zero attached hydrogens (tertiary/aromatic N) is 2. The molecule has 84 valence electrons. The summed E-state index contributed by atoms with van der Waals surface area (Å²) in [6, 6.07) is 0. The van der Waals surface area contributed by atoms with Crippen LogP contribution in [0, 0.1) is 6.92 Å². The number of aryl methyl sites for hydroxylation is 1. The van der Waals surface area contributed by atoms with Crippen LogP contribution in [-0.2, 0) is 4.74 Å². The molecule has 0 spiro atoms. The maximum atomic E-state index is 11.6. The van der Waals surface area contributed by atoms with Gasteiger partial charge >= 0.3 is 5.97 Å². The highest BCUT2D eigenvalue weighted by atomic mass is 32.1. The van der Waals surface area contributed by atoms with E-state index in [4.69, 9.17) is 4.74 Å². The number of nitrogens with one attached hydrogen (secondary N) is 1. The number of carbonyl (C=O) groups excluding carboxylic acids is 1. The Kier molecular flexibility index (Phi) is 2.69. The number of ether oxygens (including phenoxy) is 1. The number of hydrogen-bond donors (Lipinski definition) is 1. The number of fused-ring (bicyclic) bond motifs is 1. The Morgan fingerprint density at radius 1 is 1.50 bits per heavy atom. The zero-order chi connectivity index (χ0) is 11.7. The van der Waals surface area contributed by atoms with Crippen LogP contribution in [0.25, 0.3) is 10.3 Å². The van der Waals surface area contributed by atoms with E-state index >= 15 is 0 Å². The molecule has 2 heterocycles. The molecule has 0 amide bonds. The van der Waals surface area contributed by atoms with Gasteiger partial charge in [0.05, 0.1) is 11.6 Å². The van der Waals surface area contributed by atoms with E-state index in [1.165, 1.54) is 11.3 Å². The molecule has 7 heteroatoms. The Balaban J connectivity index is 2.57. The fourth-order valence-corrected chi connectivity index (χ4v) is 2.02. The molecule has 0 aliphatic heterocycles. The quantitative estimate of drug-likeness (QED) is 0.786. The molecule has 0 saturated carbocycles. The minimum absolute atomic E-state index is 0.0806. The van der Waals surface area contributed by atoms with Crippen molar-refractivity contribution in [1.29, 1.82) is 0 Å². The van der Waals surface area contributed by atoms with E-state index in [-0.39, 0.29) is 17.9 Å². The lowest BCUT2D eigenvalue weighted by molar-refractivity contribution is 0.0512. The van der Waals surface area contributed by atoms with E-state index in [0.29, 0.717) is 4.83 Å². The van der Waals surface area contributed by atoms with Crippen LogP contribution in [0.5, 0.6) is 0 Å². The van der Waals surface area contributed by atoms with Crippen molar-refractivity contribution in [2.75, 3.05) is 6.61 Å². The summed E-state index contributed by atoms with van der Waals surface area (Å²) in [5.74, 6) is -0.712. The van der Waals surface area contributed by atoms with Gasteiger partial charge in [-0.05, 0) is 13.8 Å². The molecule has 6 nitrogen and oxygen atoms in total. The third kappa shape index (κ3) is 1.81. The number of aromatic nitrogens is 3. The number of H-pyrrole nitrogens is 1. The fourth-order valence-electron chi connectivity index (χ4n) is 1.23. The van der Waals surface area contributed by atoms with E-state index in [1.807, 2.05) is 0 Å². The van der Waals surface area contributed by atoms with Crippen molar-refractivity contribution in [1.82, 2.24) is 15.0 Å². The van der Waals surface area contributed by atoms with Crippen LogP contribution in [-0.4, -0.2) is 27.5 Å². The molecule has 0 bridgehead atoms. The molecule has 0 unspecified atom stereocenters. The highest BCUT2D eigenvalue weighted by molar-refractivity contribution is 7.18. The van der Waals surface area contributed by atoms with Crippen molar-refractivity contribution < 1.29 is 9.53 Å². The van der Waals surface area contributed by atoms with Crippen LogP contribution in [0.2, 0.25) is 0 Å². The number of thiazole rings is 1. The van der Waals surface area contributed by atoms with Gasteiger partial charge in [0.2, 0.25) is 5.82 Å². The van der Waals surface area contributed by atoms with Crippen molar-refractivity contribution in [3.05, 3.63) is 21.2 Å². The van der Waals surface area contributed by atoms with Gasteiger partial charge < -0.3 is 4.74 Å². The van der Waals surface area contributed by atoms with E-state index in [0.717, 1.165) is 5.01 Å². The average molecular weight is 239 g/mol. The zero-order valence-electron chi connectivity index (χ0n) is 8.73. The van der Waals surface area contributed by atoms with E-state index in [2.05, 4.69) is 15.0 Å². The number of rotatable bonds is 2. The van der Waals surface area contributed by atoms with Crippen LogP contribution in [0.3, 0.4) is 0 Å². The molecular formula is C9H9N3O3S. The summed E-state index contributed by atoms with van der Waals surface area (Å²) in [6.45, 7) is 3.70. The predicted octanol–water partition coefficient (Wildman–Crippen LogP) is 0.865. The fraction of sp³-hybridized carbons (Fsp3) is 0.333. The summed E-state index contributed by atoms with van der Waals surface area (Å²) >= 11 is 1.27. The van der Waals surface area contributed by atoms with Crippen LogP contribution in [0.1, 0.15) is 22.6 Å². The van der Waals surface area contributed by atoms with Crippen LogP contribution >= 0.6 is 11.3 Å². The van der Waals surface area contributed by atoms with Gasteiger partial charge in [-0.25, -0.2) is 14.8 Å². The monoisotopic (exact) mass is 239 g/mol. The third-order valence-corrected chi connectivity index (χ3v) is 2.71. The second kappa shape index (κ2) is 4.01. The molecule has 0 radical (unpaired) electrons. The summed E-state index contributed by atoms with van der Waals surface area (Å²) in [6.07, 6.45) is 0. The minimum Gasteiger partial charge on any atom is -0.460 e. The van der Waals surface area contributed by atoms with Crippen molar-refractivity contribution in [2.24, 2.45) is 0 Å². The standard InChI is InChI=1S/C9H9N3O3S/c1-3-15-9(14)6-11-7(13)5-8(12-6)16-4(2)10-5/h3H2,1-2H3,(H,11,12,13). The molecule has 2 aromatic rings. The average Bonchev–Trinajstić information content (AvgIpc) is 2.59. The zero-order valence-corrected chi connectivity index (χ0v) is 9.55. The van der Waals surface area contributed by atoms with E-state index in [9.17, 15) is 9.59 Å². The molecule has 0 aliphatic carbocycles. The smallest absolute Gasteiger partial charge is 0.374 e. The van der Waals surface area contributed by atoms with Crippen LogP contribution in [0.4, 0.5) is 0 Å². The van der Waals surface area contributed by atoms with Gasteiger partial charge in [-0.15, -0.1) is 0 Å². The topological polar surface area (TPSA) is 84.9 Å². The Hall–Kier alpha value is -1.76. The number of carbonyl (C=O) groups is 1. The Morgan fingerprint density at radius 2 is 2.25 bits per heavy atom. The molecule has 16 heavy (non-hydrogen) atoms. The largest absolute Gasteiger partial charge is 0.460 e. The predicted molar refractivity (Wildman–Crippen MR) is 58.7 cm³/mol. The molecule has 0 aromatic carbocycles. The Bertz CT molecular complexity index is 602. The molecule has 2 rings (SSSR count). The summed E-state index contributed by atoms with van der Waals surface area (Å²) < 4.78 is 4.75. The van der Waals surface area contributed by atoms with Gasteiger partial charge in [0.25, 0.3) is 5.56 Å². The van der Waals surface area contributed by atoms with E-state index < -0.39 is 11.5 Å². The van der Waals surface area contributed by atoms with Crippen molar-refractivity contribution in [3.63, 3.8) is 0 Å². The normalized spacial score (nSPS) is 10.6. The second-order valence-electron chi connectivity index (χ2n) is 3.02. The number of esters is 1. The van der Waals surface area contributed by atoms with E-state index in [1.54, 1.807) is 13.8 Å². The van der Waals surface area contributed by atoms with Gasteiger partial charge in [-0.3, -0.25) is 9.78 Å². The van der Waals surface area contributed by atoms with Gasteiger partial charge in [0.1, 0.15) is 0 Å². The molecular weight excluding hydrogens is 230 g/mol. The lowest BCUT2D eigenvalue weighted by Crippen LogP contribution is -2.17. The molecule has 0 atom stereocenters. The summed E-state index contributed by atoms with van der Waals surface area (Å²) in [7, 11) is 0. The first-order chi connectivity index (χ1) is 7.61. The summed E-state index contributed by atoms with van der Waals surface area (Å²) in [4.78, 5) is 33.8. The van der Waals surface area contributed by atoms with Crippen LogP contribution < -0.4 is 5.56 Å². The van der Waals surface area contributed by atoms with Gasteiger partial charge in [0, 0.05) is 0 Å². The summed E-state index contributed by atoms with van der Waals surface area (Å²) in [5, 5.41) is 0.731. The second-order valence-corrected chi connectivity index (χ2v) is 4.20. The number of hydrogen-bond acceptors (Lipinski definition) is 6. The first-order valence-electron chi connectivity index (χ1n) is 4.66. The lowest BCUT2D eigenvalue weighted by Gasteiger charge is -1.99. The van der Waals surface area contributed by atoms with Gasteiger partial charge in [-0.1, -0.05) is 11.3 Å². The lowest BCUT2D eigenvalue weighted by atomic mass is 10.5. The van der Waals surface area contributed by atoms with Gasteiger partial charge in [0.15, 0.2) is 10.3 Å². The maximum Gasteiger partial charge on any atom is 0.374 e. The first kappa shape index (κ1) is 10.7. The van der Waals surface area contributed by atoms with Crippen molar-refractivity contribution in [3.8, 4) is 0 Å². The molecule has 1 N–H and O–H groups in total. The summed E-state index contributed by atoms with van der Waals surface area (Å²) in [5.41, 5.74) is -0.159. The maximum absolute atomic E-state index is 11.6. The van der Waals surface area contributed by atoms with Gasteiger partial charge in [-0.2, -0.15) is 0 Å². The molecule has 0 aliphatic rings. The van der Waals surface area contributed by atoms with Crippen molar-refractivity contribution >= 4 is 27.7 Å². The SMILES string of the molecule is CCOC(=O)c1nc2sc(C)nc2c(=O)[nH]1. The molecule has 0 saturated heterocycles. The Labute approximate surface area is 94.3 Å². The Morgan fingerprint density at radius 3 is 2.94 bits per heavy atom. The molecule has 0 fully saturated rings. The van der Waals surface area contributed by atoms with Crippen molar-refractivity contribution in [2.45, 2.75) is 13.8 Å². The highest BCUT2D eigenvalue weighted by Crippen LogP contribution is 2.15. The first-order valence-corrected chi connectivity index (χ1v) is 5.48. The molecule has 2 aromatic heterocycles. The minimum atomic E-state index is -0.632. The highest BCUT2D eigenvalue weighted by Gasteiger charge is 2.14. The number of aromatic amines is 1. The van der Waals surface area contributed by atoms with Crippen LogP contribution in [0.15, 0.2) is 4.79 Å². The third-order valence-electron chi connectivity index (χ3n) is 1.85.